The van der Waals surface area contributed by atoms with Gasteiger partial charge in [-0.2, -0.15) is 18.4 Å². The van der Waals surface area contributed by atoms with E-state index in [9.17, 15) is 18.4 Å². The first kappa shape index (κ1) is 17.8. The third kappa shape index (κ3) is 3.81. The zero-order valence-electron chi connectivity index (χ0n) is 13.3. The fourth-order valence-electron chi connectivity index (χ4n) is 2.54. The lowest BCUT2D eigenvalue weighted by atomic mass is 10.0. The Morgan fingerprint density at radius 2 is 1.77 bits per heavy atom. The quantitative estimate of drug-likeness (QED) is 0.502. The van der Waals surface area contributed by atoms with Crippen LogP contribution in [-0.2, 0) is 6.18 Å². The normalized spacial score (nSPS) is 12.0. The summed E-state index contributed by atoms with van der Waals surface area (Å²) in [5.41, 5.74) is 1.06. The molecule has 6 heteroatoms. The number of benzene rings is 2. The van der Waals surface area contributed by atoms with E-state index in [2.05, 4.69) is 0 Å². The number of alkyl halides is 3. The summed E-state index contributed by atoms with van der Waals surface area (Å²) < 4.78 is 40.6. The van der Waals surface area contributed by atoms with Gasteiger partial charge in [0.2, 0.25) is 0 Å². The van der Waals surface area contributed by atoms with Gasteiger partial charge < -0.3 is 4.57 Å². The van der Waals surface area contributed by atoms with E-state index in [1.807, 2.05) is 22.8 Å². The third-order valence-electron chi connectivity index (χ3n) is 3.80. The van der Waals surface area contributed by atoms with E-state index in [1.54, 1.807) is 36.5 Å². The molecule has 0 aliphatic rings. The molecule has 130 valence electrons. The molecule has 0 aliphatic carbocycles. The van der Waals surface area contributed by atoms with Crippen molar-refractivity contribution in [3.05, 3.63) is 88.7 Å². The van der Waals surface area contributed by atoms with E-state index in [1.165, 1.54) is 12.1 Å². The van der Waals surface area contributed by atoms with Gasteiger partial charge in [0.25, 0.3) is 0 Å². The number of nitrogens with zero attached hydrogens (tertiary/aromatic N) is 2. The van der Waals surface area contributed by atoms with Crippen molar-refractivity contribution in [2.45, 2.75) is 6.18 Å². The minimum absolute atomic E-state index is 0.144. The van der Waals surface area contributed by atoms with E-state index in [4.69, 9.17) is 11.6 Å². The summed E-state index contributed by atoms with van der Waals surface area (Å²) >= 11 is 5.90. The molecule has 0 N–H and O–H groups in total. The molecular weight excluding hydrogens is 361 g/mol. The van der Waals surface area contributed by atoms with Crippen molar-refractivity contribution in [3.8, 4) is 11.8 Å². The molecule has 0 saturated carbocycles. The van der Waals surface area contributed by atoms with Gasteiger partial charge in [0.15, 0.2) is 0 Å². The zero-order chi connectivity index (χ0) is 18.7. The molecule has 0 unspecified atom stereocenters. The van der Waals surface area contributed by atoms with Crippen molar-refractivity contribution in [2.75, 3.05) is 0 Å². The van der Waals surface area contributed by atoms with Crippen molar-refractivity contribution in [1.29, 1.82) is 5.26 Å². The molecule has 0 radical (unpaired) electrons. The van der Waals surface area contributed by atoms with Crippen molar-refractivity contribution in [1.82, 2.24) is 4.57 Å². The van der Waals surface area contributed by atoms with Crippen molar-refractivity contribution in [2.24, 2.45) is 0 Å². The summed E-state index contributed by atoms with van der Waals surface area (Å²) in [4.78, 5) is 0. The van der Waals surface area contributed by atoms with Crippen LogP contribution in [0.2, 0.25) is 5.02 Å². The summed E-state index contributed by atoms with van der Waals surface area (Å²) in [7, 11) is 0. The smallest absolute Gasteiger partial charge is 0.317 e. The zero-order valence-corrected chi connectivity index (χ0v) is 14.1. The summed E-state index contributed by atoms with van der Waals surface area (Å²) in [5, 5.41) is 10.0. The highest BCUT2D eigenvalue weighted by Crippen LogP contribution is 2.31. The molecule has 26 heavy (non-hydrogen) atoms. The van der Waals surface area contributed by atoms with Crippen molar-refractivity contribution in [3.63, 3.8) is 0 Å². The Labute approximate surface area is 153 Å². The van der Waals surface area contributed by atoms with E-state index in [0.29, 0.717) is 10.7 Å². The van der Waals surface area contributed by atoms with Gasteiger partial charge in [-0.05, 0) is 60.2 Å². The summed E-state index contributed by atoms with van der Waals surface area (Å²) in [6.07, 6.45) is -1.10. The SMILES string of the molecule is N#C/C(=C/c1cccn1-c1ccc(Cl)cc1)c1cccc(C(F)(F)F)c1. The number of aromatic nitrogens is 1. The minimum Gasteiger partial charge on any atom is -0.317 e. The molecule has 0 amide bonds. The maximum atomic E-state index is 12.9. The van der Waals surface area contributed by atoms with Crippen LogP contribution in [0.4, 0.5) is 13.2 Å². The highest BCUT2D eigenvalue weighted by Gasteiger charge is 2.30. The number of rotatable bonds is 3. The number of halogens is 4. The van der Waals surface area contributed by atoms with Gasteiger partial charge in [0.05, 0.1) is 17.2 Å². The Bertz CT molecular complexity index is 993. The predicted molar refractivity (Wildman–Crippen MR) is 95.7 cm³/mol. The average molecular weight is 373 g/mol. The molecular formula is C20H12ClF3N2. The molecule has 0 bridgehead atoms. The van der Waals surface area contributed by atoms with Gasteiger partial charge in [-0.15, -0.1) is 0 Å². The Kier molecular flexibility index (Phi) is 4.88. The van der Waals surface area contributed by atoms with Gasteiger partial charge >= 0.3 is 6.18 Å². The number of hydrogen-bond acceptors (Lipinski definition) is 1. The van der Waals surface area contributed by atoms with Gasteiger partial charge in [0, 0.05) is 22.6 Å². The molecule has 3 aromatic rings. The molecule has 0 atom stereocenters. The van der Waals surface area contributed by atoms with Gasteiger partial charge in [-0.3, -0.25) is 0 Å². The third-order valence-corrected chi connectivity index (χ3v) is 4.05. The molecule has 2 aromatic carbocycles. The van der Waals surface area contributed by atoms with E-state index in [-0.39, 0.29) is 11.1 Å². The van der Waals surface area contributed by atoms with Crippen molar-refractivity contribution < 1.29 is 13.2 Å². The highest BCUT2D eigenvalue weighted by molar-refractivity contribution is 6.30. The second-order valence-corrected chi connectivity index (χ2v) is 5.96. The molecule has 0 saturated heterocycles. The summed E-state index contributed by atoms with van der Waals surface area (Å²) in [5.74, 6) is 0. The van der Waals surface area contributed by atoms with Crippen LogP contribution in [-0.4, -0.2) is 4.57 Å². The molecule has 1 aromatic heterocycles. The second-order valence-electron chi connectivity index (χ2n) is 5.53. The first-order valence-corrected chi connectivity index (χ1v) is 7.99. The molecule has 0 spiro atoms. The van der Waals surface area contributed by atoms with Gasteiger partial charge in [0.1, 0.15) is 0 Å². The molecule has 0 fully saturated rings. The Morgan fingerprint density at radius 1 is 1.04 bits per heavy atom. The number of nitriles is 1. The fourth-order valence-corrected chi connectivity index (χ4v) is 2.67. The van der Waals surface area contributed by atoms with Gasteiger partial charge in [-0.1, -0.05) is 23.7 Å². The molecule has 2 nitrogen and oxygen atoms in total. The molecule has 1 heterocycles. The Balaban J connectivity index is 2.03. The lowest BCUT2D eigenvalue weighted by molar-refractivity contribution is -0.137. The minimum atomic E-state index is -4.46. The maximum Gasteiger partial charge on any atom is 0.416 e. The van der Waals surface area contributed by atoms with E-state index >= 15 is 0 Å². The number of allylic oxidation sites excluding steroid dienone is 1. The first-order valence-electron chi connectivity index (χ1n) is 7.61. The van der Waals surface area contributed by atoms with Crippen LogP contribution in [0.3, 0.4) is 0 Å². The van der Waals surface area contributed by atoms with Crippen LogP contribution in [0.25, 0.3) is 17.3 Å². The van der Waals surface area contributed by atoms with E-state index < -0.39 is 11.7 Å². The predicted octanol–water partition coefficient (Wildman–Crippen LogP) is 6.21. The average Bonchev–Trinajstić information content (AvgIpc) is 3.08. The highest BCUT2D eigenvalue weighted by atomic mass is 35.5. The van der Waals surface area contributed by atoms with Crippen molar-refractivity contribution >= 4 is 23.3 Å². The Hall–Kier alpha value is -2.97. The van der Waals surface area contributed by atoms with E-state index in [0.717, 1.165) is 17.8 Å². The lowest BCUT2D eigenvalue weighted by Gasteiger charge is -2.09. The monoisotopic (exact) mass is 372 g/mol. The standard InChI is InChI=1S/C20H12ClF3N2/c21-17-6-8-18(9-7-17)26-10-2-5-19(26)12-15(13-25)14-3-1-4-16(11-14)20(22,23)24/h1-12H/b15-12-. The lowest BCUT2D eigenvalue weighted by Crippen LogP contribution is -2.05. The van der Waals surface area contributed by atoms with Crippen LogP contribution in [0.15, 0.2) is 66.9 Å². The van der Waals surface area contributed by atoms with Crippen LogP contribution < -0.4 is 0 Å². The van der Waals surface area contributed by atoms with Crippen LogP contribution >= 0.6 is 11.6 Å². The Morgan fingerprint density at radius 3 is 2.42 bits per heavy atom. The molecule has 3 rings (SSSR count). The largest absolute Gasteiger partial charge is 0.416 e. The van der Waals surface area contributed by atoms with Crippen LogP contribution in [0.1, 0.15) is 16.8 Å². The maximum absolute atomic E-state index is 12.9. The van der Waals surface area contributed by atoms with Crippen LogP contribution in [0, 0.1) is 11.3 Å². The fraction of sp³-hybridized carbons (Fsp3) is 0.0500. The second kappa shape index (κ2) is 7.11. The summed E-state index contributed by atoms with van der Waals surface area (Å²) in [6, 6.07) is 17.4. The van der Waals surface area contributed by atoms with Gasteiger partial charge in [-0.25, -0.2) is 0 Å². The first-order chi connectivity index (χ1) is 12.4. The van der Waals surface area contributed by atoms with Crippen LogP contribution in [0.5, 0.6) is 0 Å². The summed E-state index contributed by atoms with van der Waals surface area (Å²) in [6.45, 7) is 0. The molecule has 0 aliphatic heterocycles. The topological polar surface area (TPSA) is 28.7 Å². The number of hydrogen-bond donors (Lipinski definition) is 0.